The third-order valence-corrected chi connectivity index (χ3v) is 14.2. The lowest BCUT2D eigenvalue weighted by Gasteiger charge is -2.41. The van der Waals surface area contributed by atoms with Crippen LogP contribution < -0.4 is 16.0 Å². The number of nitrogens with zero attached hydrogens (tertiary/aromatic N) is 3. The van der Waals surface area contributed by atoms with E-state index in [0.717, 1.165) is 69.3 Å². The van der Waals surface area contributed by atoms with Crippen molar-refractivity contribution in [3.8, 4) is 0 Å². The largest absolute Gasteiger partial charge is 0.351 e. The molecule has 262 valence electrons. The predicted octanol–water partition coefficient (Wildman–Crippen LogP) is 3.66. The van der Waals surface area contributed by atoms with E-state index in [9.17, 15) is 22.8 Å². The Balaban J connectivity index is 1.09. The minimum Gasteiger partial charge on any atom is -0.351 e. The molecule has 3 saturated heterocycles. The number of hydrogen-bond donors (Lipinski definition) is 3. The average molecular weight is 691 g/mol. The van der Waals surface area contributed by atoms with Gasteiger partial charge in [-0.15, -0.1) is 11.3 Å². The van der Waals surface area contributed by atoms with Crippen LogP contribution >= 0.6 is 11.3 Å². The van der Waals surface area contributed by atoms with Crippen molar-refractivity contribution in [3.63, 3.8) is 0 Å². The molecule has 6 rings (SSSR count). The van der Waals surface area contributed by atoms with Crippen molar-refractivity contribution in [1.29, 1.82) is 0 Å². The summed E-state index contributed by atoms with van der Waals surface area (Å²) in [5.74, 6) is -0.447. The first kappa shape index (κ1) is 34.6. The molecule has 13 heteroatoms. The summed E-state index contributed by atoms with van der Waals surface area (Å²) in [6.07, 6.45) is 13.6. The summed E-state index contributed by atoms with van der Waals surface area (Å²) in [6, 6.07) is 3.42. The van der Waals surface area contributed by atoms with Gasteiger partial charge in [-0.05, 0) is 81.1 Å². The van der Waals surface area contributed by atoms with Crippen LogP contribution in [0.15, 0.2) is 17.5 Å². The maximum Gasteiger partial charge on any atom is 0.317 e. The molecule has 11 nitrogen and oxygen atoms in total. The second-order valence-corrected chi connectivity index (χ2v) is 17.8. The van der Waals surface area contributed by atoms with Gasteiger partial charge in [-0.2, -0.15) is 0 Å². The summed E-state index contributed by atoms with van der Waals surface area (Å²) in [5.41, 5.74) is 0.473. The number of urea groups is 1. The zero-order valence-corrected chi connectivity index (χ0v) is 29.4. The lowest BCUT2D eigenvalue weighted by atomic mass is 9.89. The van der Waals surface area contributed by atoms with Gasteiger partial charge in [0.2, 0.25) is 21.8 Å². The van der Waals surface area contributed by atoms with E-state index in [0.29, 0.717) is 50.9 Å². The Hall–Kier alpha value is -2.22. The number of carbonyl (C=O) groups is 3. The summed E-state index contributed by atoms with van der Waals surface area (Å²) < 4.78 is 26.1. The molecule has 1 aromatic heterocycles. The molecule has 3 aliphatic heterocycles. The van der Waals surface area contributed by atoms with Crippen LogP contribution in [0.3, 0.4) is 0 Å². The van der Waals surface area contributed by atoms with E-state index >= 15 is 0 Å². The maximum absolute atomic E-state index is 14.2. The molecule has 5 fully saturated rings. The van der Waals surface area contributed by atoms with E-state index in [2.05, 4.69) is 16.0 Å². The van der Waals surface area contributed by atoms with Gasteiger partial charge in [0.15, 0.2) is 0 Å². The molecule has 47 heavy (non-hydrogen) atoms. The maximum atomic E-state index is 14.2. The molecular weight excluding hydrogens is 637 g/mol. The van der Waals surface area contributed by atoms with E-state index < -0.39 is 15.9 Å². The zero-order valence-electron chi connectivity index (χ0n) is 27.8. The van der Waals surface area contributed by atoms with Crippen molar-refractivity contribution in [3.05, 3.63) is 22.4 Å². The summed E-state index contributed by atoms with van der Waals surface area (Å²) in [6.45, 7) is 3.78. The lowest BCUT2D eigenvalue weighted by molar-refractivity contribution is -0.138. The number of nitrogens with one attached hydrogen (secondary N) is 3. The molecule has 2 aliphatic carbocycles. The van der Waals surface area contributed by atoms with Crippen molar-refractivity contribution in [2.75, 3.05) is 45.0 Å². The SMILES string of the molecule is O=C(NCc1cccs1)[C@H]1CN(C(=O)C(CCCCN2CCCS2(=O)=O)NC2CCCCC2)CC[C@H]1NC(=O)N1CCC2(CC1)CC2. The van der Waals surface area contributed by atoms with Gasteiger partial charge in [0.25, 0.3) is 0 Å². The Bertz CT molecular complexity index is 1320. The minimum atomic E-state index is -3.13. The van der Waals surface area contributed by atoms with Crippen LogP contribution in [0.2, 0.25) is 0 Å². The van der Waals surface area contributed by atoms with Crippen LogP contribution in [0, 0.1) is 11.3 Å². The van der Waals surface area contributed by atoms with Gasteiger partial charge in [-0.25, -0.2) is 17.5 Å². The Labute approximate surface area is 284 Å². The van der Waals surface area contributed by atoms with Crippen LogP contribution in [0.5, 0.6) is 0 Å². The molecule has 1 spiro atoms. The van der Waals surface area contributed by atoms with Gasteiger partial charge in [-0.3, -0.25) is 9.59 Å². The molecule has 0 bridgehead atoms. The monoisotopic (exact) mass is 690 g/mol. The molecule has 3 atom stereocenters. The molecule has 4 amide bonds. The quantitative estimate of drug-likeness (QED) is 0.287. The third kappa shape index (κ3) is 9.07. The smallest absolute Gasteiger partial charge is 0.317 e. The van der Waals surface area contributed by atoms with Crippen molar-refractivity contribution in [1.82, 2.24) is 30.1 Å². The van der Waals surface area contributed by atoms with Crippen molar-refractivity contribution in [2.24, 2.45) is 11.3 Å². The first-order chi connectivity index (χ1) is 22.7. The fraction of sp³-hybridized carbons (Fsp3) is 0.794. The van der Waals surface area contributed by atoms with Crippen LogP contribution in [0.4, 0.5) is 4.79 Å². The number of carbonyl (C=O) groups excluding carboxylic acids is 3. The summed E-state index contributed by atoms with van der Waals surface area (Å²) in [7, 11) is -3.13. The molecule has 5 aliphatic rings. The van der Waals surface area contributed by atoms with Gasteiger partial charge in [0.05, 0.1) is 24.3 Å². The Kier molecular flexibility index (Phi) is 11.5. The van der Waals surface area contributed by atoms with E-state index in [1.807, 2.05) is 27.3 Å². The molecule has 1 aromatic rings. The predicted molar refractivity (Wildman–Crippen MR) is 183 cm³/mol. The number of hydrogen-bond acceptors (Lipinski definition) is 7. The van der Waals surface area contributed by atoms with Gasteiger partial charge in [-0.1, -0.05) is 31.7 Å². The number of amides is 4. The highest BCUT2D eigenvalue weighted by atomic mass is 32.2. The average Bonchev–Trinajstić information content (AvgIpc) is 3.44. The summed E-state index contributed by atoms with van der Waals surface area (Å²) >= 11 is 1.59. The van der Waals surface area contributed by atoms with Gasteiger partial charge >= 0.3 is 6.03 Å². The fourth-order valence-corrected chi connectivity index (χ4v) is 10.3. The third-order valence-electron chi connectivity index (χ3n) is 11.3. The number of piperidine rings is 2. The highest BCUT2D eigenvalue weighted by Gasteiger charge is 2.46. The van der Waals surface area contributed by atoms with E-state index in [1.165, 1.54) is 19.3 Å². The van der Waals surface area contributed by atoms with Crippen LogP contribution in [-0.2, 0) is 26.2 Å². The highest BCUT2D eigenvalue weighted by Crippen LogP contribution is 2.53. The molecule has 4 heterocycles. The van der Waals surface area contributed by atoms with Gasteiger partial charge < -0.3 is 25.8 Å². The first-order valence-corrected chi connectivity index (χ1v) is 20.6. The number of likely N-dealkylation sites (tertiary alicyclic amines) is 2. The fourth-order valence-electron chi connectivity index (χ4n) is 8.05. The minimum absolute atomic E-state index is 0.0102. The zero-order chi connectivity index (χ0) is 32.9. The topological polar surface area (TPSA) is 131 Å². The standard InChI is InChI=1S/C34H54N6O5S2/c41-31(35-24-27-10-6-22-46-27)28-25-39(19-12-29(28)37-33(43)38-20-15-34(13-14-34)16-21-38)32(42)30(36-26-8-2-1-3-9-26)11-4-5-17-40-18-7-23-47(40,44)45/h6,10,22,26,28-30,36H,1-5,7-9,11-21,23-25H2,(H,35,41)(H,37,43)/t28-,29+,30?/m0/s1. The first-order valence-electron chi connectivity index (χ1n) is 18.1. The molecule has 3 N–H and O–H groups in total. The van der Waals surface area contributed by atoms with Crippen molar-refractivity contribution < 1.29 is 22.8 Å². The molecule has 2 saturated carbocycles. The normalized spacial score (nSPS) is 26.6. The number of sulfonamides is 1. The number of rotatable bonds is 12. The molecule has 1 unspecified atom stereocenters. The van der Waals surface area contributed by atoms with E-state index in [1.54, 1.807) is 15.6 Å². The lowest BCUT2D eigenvalue weighted by Crippen LogP contribution is -2.61. The van der Waals surface area contributed by atoms with Crippen molar-refractivity contribution in [2.45, 2.75) is 115 Å². The Morgan fingerprint density at radius 1 is 0.936 bits per heavy atom. The second-order valence-electron chi connectivity index (χ2n) is 14.6. The van der Waals surface area contributed by atoms with Crippen LogP contribution in [-0.4, -0.2) is 104 Å². The number of unbranched alkanes of at least 4 members (excludes halogenated alkanes) is 1. The van der Waals surface area contributed by atoms with E-state index in [4.69, 9.17) is 0 Å². The number of thiophene rings is 1. The van der Waals surface area contributed by atoms with Crippen LogP contribution in [0.25, 0.3) is 0 Å². The Morgan fingerprint density at radius 2 is 1.72 bits per heavy atom. The summed E-state index contributed by atoms with van der Waals surface area (Å²) in [4.78, 5) is 46.1. The molecular formula is C34H54N6O5S2. The highest BCUT2D eigenvalue weighted by molar-refractivity contribution is 7.89. The van der Waals surface area contributed by atoms with Crippen LogP contribution in [0.1, 0.15) is 94.8 Å². The van der Waals surface area contributed by atoms with Crippen molar-refractivity contribution >= 4 is 39.2 Å². The van der Waals surface area contributed by atoms with E-state index in [-0.39, 0.29) is 48.3 Å². The Morgan fingerprint density at radius 3 is 2.40 bits per heavy atom. The van der Waals surface area contributed by atoms with Gasteiger partial charge in [0, 0.05) is 56.2 Å². The molecule has 0 radical (unpaired) electrons. The summed E-state index contributed by atoms with van der Waals surface area (Å²) in [5, 5.41) is 12.0. The molecule has 0 aromatic carbocycles. The van der Waals surface area contributed by atoms with Gasteiger partial charge in [0.1, 0.15) is 0 Å². The second kappa shape index (κ2) is 15.6.